The molecule has 1 atom stereocenters. The summed E-state index contributed by atoms with van der Waals surface area (Å²) in [5, 5.41) is 9.77. The summed E-state index contributed by atoms with van der Waals surface area (Å²) in [6.07, 6.45) is -0.190. The van der Waals surface area contributed by atoms with Crippen molar-refractivity contribution in [3.05, 3.63) is 0 Å². The summed E-state index contributed by atoms with van der Waals surface area (Å²) in [7, 11) is 1.57. The van der Waals surface area contributed by atoms with Gasteiger partial charge in [-0.25, -0.2) is 4.79 Å². The second-order valence-corrected chi connectivity index (χ2v) is 3.14. The Balaban J connectivity index is 2.55. The van der Waals surface area contributed by atoms with Crippen LogP contribution < -0.4 is 0 Å². The molecular formula is C8H14N2O4. The maximum atomic E-state index is 11.2. The minimum atomic E-state index is -0.842. The van der Waals surface area contributed by atoms with Gasteiger partial charge >= 0.3 is 12.0 Å². The number of nitrogens with zero attached hydrogens (tertiary/aromatic N) is 2. The third kappa shape index (κ3) is 2.14. The van der Waals surface area contributed by atoms with E-state index < -0.39 is 18.2 Å². The molecule has 6 heteroatoms. The molecule has 0 aromatic rings. The average molecular weight is 202 g/mol. The minimum absolute atomic E-state index is 0.231. The van der Waals surface area contributed by atoms with Gasteiger partial charge in [-0.3, -0.25) is 10.0 Å². The van der Waals surface area contributed by atoms with Crippen molar-refractivity contribution in [2.24, 2.45) is 0 Å². The highest BCUT2D eigenvalue weighted by molar-refractivity contribution is 5.74. The van der Waals surface area contributed by atoms with Gasteiger partial charge in [-0.05, 0) is 0 Å². The molecule has 0 bridgehead atoms. The first kappa shape index (κ1) is 10.8. The number of rotatable bonds is 2. The molecule has 1 saturated heterocycles. The predicted octanol–water partition coefficient (Wildman–Crippen LogP) is 0.412. The predicted molar refractivity (Wildman–Crippen MR) is 46.4 cm³/mol. The molecule has 1 fully saturated rings. The van der Waals surface area contributed by atoms with Crippen molar-refractivity contribution in [1.29, 1.82) is 0 Å². The van der Waals surface area contributed by atoms with E-state index in [2.05, 4.69) is 0 Å². The molecule has 0 aromatic heterocycles. The SMILES string of the molecule is CCC(=O)OC1CCN(C)C(=O)N1O. The van der Waals surface area contributed by atoms with E-state index in [1.807, 2.05) is 0 Å². The van der Waals surface area contributed by atoms with Crippen LogP contribution in [0.1, 0.15) is 19.8 Å². The van der Waals surface area contributed by atoms with E-state index in [1.54, 1.807) is 14.0 Å². The summed E-state index contributed by atoms with van der Waals surface area (Å²) in [6.45, 7) is 2.12. The molecule has 1 N–H and O–H groups in total. The molecule has 2 amide bonds. The van der Waals surface area contributed by atoms with Gasteiger partial charge in [0, 0.05) is 26.4 Å². The minimum Gasteiger partial charge on any atom is -0.439 e. The van der Waals surface area contributed by atoms with E-state index in [4.69, 9.17) is 4.74 Å². The van der Waals surface area contributed by atoms with E-state index in [1.165, 1.54) is 4.90 Å². The van der Waals surface area contributed by atoms with Crippen LogP contribution in [0.25, 0.3) is 0 Å². The smallest absolute Gasteiger partial charge is 0.346 e. The Morgan fingerprint density at radius 1 is 1.71 bits per heavy atom. The Morgan fingerprint density at radius 2 is 2.36 bits per heavy atom. The molecule has 0 aromatic carbocycles. The highest BCUT2D eigenvalue weighted by Gasteiger charge is 2.32. The van der Waals surface area contributed by atoms with Gasteiger partial charge in [0.15, 0.2) is 0 Å². The van der Waals surface area contributed by atoms with Gasteiger partial charge in [0.25, 0.3) is 0 Å². The van der Waals surface area contributed by atoms with Crippen LogP contribution in [0.15, 0.2) is 0 Å². The Morgan fingerprint density at radius 3 is 2.93 bits per heavy atom. The zero-order chi connectivity index (χ0) is 10.7. The van der Waals surface area contributed by atoms with Crippen molar-refractivity contribution >= 4 is 12.0 Å². The van der Waals surface area contributed by atoms with Gasteiger partial charge in [0.1, 0.15) is 0 Å². The molecule has 1 aliphatic rings. The Labute approximate surface area is 82.0 Å². The molecule has 1 rings (SSSR count). The van der Waals surface area contributed by atoms with Crippen molar-refractivity contribution in [1.82, 2.24) is 9.96 Å². The number of amides is 2. The van der Waals surface area contributed by atoms with Crippen LogP contribution in [-0.2, 0) is 9.53 Å². The number of carbonyl (C=O) groups is 2. The average Bonchev–Trinajstić information content (AvgIpc) is 2.19. The first-order chi connectivity index (χ1) is 6.56. The molecule has 1 unspecified atom stereocenters. The fraction of sp³-hybridized carbons (Fsp3) is 0.750. The third-order valence-electron chi connectivity index (χ3n) is 2.06. The first-order valence-corrected chi connectivity index (χ1v) is 4.49. The standard InChI is InChI=1S/C8H14N2O4/c1-3-7(11)14-6-4-5-9(2)8(12)10(6)13/h6,13H,3-5H2,1-2H3. The normalized spacial score (nSPS) is 22.5. The number of esters is 1. The lowest BCUT2D eigenvalue weighted by molar-refractivity contribution is -0.204. The second-order valence-electron chi connectivity index (χ2n) is 3.14. The van der Waals surface area contributed by atoms with Crippen LogP contribution >= 0.6 is 0 Å². The molecule has 80 valence electrons. The quantitative estimate of drug-likeness (QED) is 0.520. The summed E-state index contributed by atoms with van der Waals surface area (Å²) in [4.78, 5) is 23.5. The molecule has 1 aliphatic heterocycles. The van der Waals surface area contributed by atoms with Crippen molar-refractivity contribution in [3.8, 4) is 0 Å². The third-order valence-corrected chi connectivity index (χ3v) is 2.06. The number of hydrogen-bond donors (Lipinski definition) is 1. The lowest BCUT2D eigenvalue weighted by atomic mass is 10.3. The number of hydrogen-bond acceptors (Lipinski definition) is 4. The lowest BCUT2D eigenvalue weighted by Crippen LogP contribution is -2.52. The maximum absolute atomic E-state index is 11.2. The highest BCUT2D eigenvalue weighted by atomic mass is 16.6. The molecule has 6 nitrogen and oxygen atoms in total. The molecule has 0 saturated carbocycles. The van der Waals surface area contributed by atoms with Crippen molar-refractivity contribution in [3.63, 3.8) is 0 Å². The summed E-state index contributed by atoms with van der Waals surface area (Å²) in [5.41, 5.74) is 0. The molecular weight excluding hydrogens is 188 g/mol. The van der Waals surface area contributed by atoms with Crippen LogP contribution in [0.5, 0.6) is 0 Å². The van der Waals surface area contributed by atoms with Crippen LogP contribution in [-0.4, -0.2) is 47.0 Å². The van der Waals surface area contributed by atoms with Crippen molar-refractivity contribution in [2.45, 2.75) is 26.0 Å². The van der Waals surface area contributed by atoms with Gasteiger partial charge in [0.05, 0.1) is 0 Å². The number of ether oxygens (including phenoxy) is 1. The van der Waals surface area contributed by atoms with Crippen LogP contribution in [0.4, 0.5) is 4.79 Å². The maximum Gasteiger partial charge on any atom is 0.346 e. The monoisotopic (exact) mass is 202 g/mol. The highest BCUT2D eigenvalue weighted by Crippen LogP contribution is 2.14. The van der Waals surface area contributed by atoms with E-state index in [9.17, 15) is 14.8 Å². The molecule has 1 heterocycles. The fourth-order valence-corrected chi connectivity index (χ4v) is 1.16. The fourth-order valence-electron chi connectivity index (χ4n) is 1.16. The van der Waals surface area contributed by atoms with Gasteiger partial charge in [-0.1, -0.05) is 6.92 Å². The molecule has 0 spiro atoms. The lowest BCUT2D eigenvalue weighted by Gasteiger charge is -2.34. The van der Waals surface area contributed by atoms with Gasteiger partial charge in [-0.2, -0.15) is 5.06 Å². The van der Waals surface area contributed by atoms with Crippen molar-refractivity contribution < 1.29 is 19.5 Å². The topological polar surface area (TPSA) is 70.1 Å². The summed E-state index contributed by atoms with van der Waals surface area (Å²) in [5.74, 6) is -0.425. The molecule has 0 radical (unpaired) electrons. The second kappa shape index (κ2) is 4.28. The Bertz CT molecular complexity index is 243. The Kier molecular flexibility index (Phi) is 3.29. The van der Waals surface area contributed by atoms with Crippen LogP contribution in [0.3, 0.4) is 0 Å². The van der Waals surface area contributed by atoms with E-state index in [0.29, 0.717) is 18.0 Å². The van der Waals surface area contributed by atoms with E-state index in [0.717, 1.165) is 0 Å². The van der Waals surface area contributed by atoms with E-state index >= 15 is 0 Å². The molecule has 14 heavy (non-hydrogen) atoms. The zero-order valence-electron chi connectivity index (χ0n) is 8.27. The molecule has 0 aliphatic carbocycles. The van der Waals surface area contributed by atoms with Crippen LogP contribution in [0, 0.1) is 0 Å². The zero-order valence-corrected chi connectivity index (χ0v) is 8.27. The van der Waals surface area contributed by atoms with E-state index in [-0.39, 0.29) is 6.42 Å². The Hall–Kier alpha value is -1.30. The summed E-state index contributed by atoms with van der Waals surface area (Å²) in [6, 6.07) is -0.551. The van der Waals surface area contributed by atoms with Gasteiger partial charge < -0.3 is 9.64 Å². The largest absolute Gasteiger partial charge is 0.439 e. The summed E-state index contributed by atoms with van der Waals surface area (Å²) < 4.78 is 4.86. The number of carbonyl (C=O) groups excluding carboxylic acids is 2. The van der Waals surface area contributed by atoms with Gasteiger partial charge in [-0.15, -0.1) is 0 Å². The number of hydroxylamine groups is 2. The first-order valence-electron chi connectivity index (χ1n) is 4.49. The van der Waals surface area contributed by atoms with Crippen molar-refractivity contribution in [2.75, 3.05) is 13.6 Å². The number of urea groups is 1. The summed E-state index contributed by atoms with van der Waals surface area (Å²) >= 11 is 0. The van der Waals surface area contributed by atoms with Gasteiger partial charge in [0.2, 0.25) is 6.23 Å². The van der Waals surface area contributed by atoms with Crippen LogP contribution in [0.2, 0.25) is 0 Å².